The number of fused-ring (bicyclic) bond motifs is 1. The molecule has 8 nitrogen and oxygen atoms in total. The Labute approximate surface area is 192 Å². The molecule has 0 fully saturated rings. The van der Waals surface area contributed by atoms with Gasteiger partial charge in [0.05, 0.1) is 28.9 Å². The van der Waals surface area contributed by atoms with Crippen molar-refractivity contribution < 1.29 is 14.3 Å². The number of rotatable bonds is 5. The standard InChI is InChI=1S/C23H29ClN4O4/c1-12(2)32-18-10-17(26-23(31)27(5)6)15-7-8-28(22(30)19(15)20(18)24)11-16-13(3)9-14(4)25-21(16)29/h9-10,12H,7-8,11H2,1-6H3,(H,25,29)(H,26,31). The number of aromatic amines is 1. The van der Waals surface area contributed by atoms with Crippen LogP contribution in [0.2, 0.25) is 5.02 Å². The van der Waals surface area contributed by atoms with Crippen LogP contribution in [0.25, 0.3) is 0 Å². The molecular weight excluding hydrogens is 432 g/mol. The smallest absolute Gasteiger partial charge is 0.321 e. The molecule has 0 spiro atoms. The number of nitrogens with zero attached hydrogens (tertiary/aromatic N) is 2. The molecule has 1 aromatic heterocycles. The number of anilines is 1. The Bertz CT molecular complexity index is 1120. The van der Waals surface area contributed by atoms with Crippen LogP contribution in [0.15, 0.2) is 16.9 Å². The number of amides is 3. The van der Waals surface area contributed by atoms with Crippen LogP contribution < -0.4 is 15.6 Å². The van der Waals surface area contributed by atoms with E-state index in [0.717, 1.165) is 11.3 Å². The third kappa shape index (κ3) is 4.75. The molecule has 3 rings (SSSR count). The Morgan fingerprint density at radius 2 is 1.97 bits per heavy atom. The van der Waals surface area contributed by atoms with E-state index in [1.807, 2.05) is 33.8 Å². The van der Waals surface area contributed by atoms with Gasteiger partial charge in [0.15, 0.2) is 0 Å². The van der Waals surface area contributed by atoms with E-state index in [9.17, 15) is 14.4 Å². The number of pyridine rings is 1. The second kappa shape index (κ2) is 9.24. The molecular formula is C23H29ClN4O4. The summed E-state index contributed by atoms with van der Waals surface area (Å²) in [6, 6.07) is 3.23. The van der Waals surface area contributed by atoms with E-state index in [0.29, 0.717) is 41.1 Å². The highest BCUT2D eigenvalue weighted by Gasteiger charge is 2.32. The summed E-state index contributed by atoms with van der Waals surface area (Å²) in [5, 5.41) is 3.05. The van der Waals surface area contributed by atoms with Gasteiger partial charge in [0.1, 0.15) is 5.75 Å². The van der Waals surface area contributed by atoms with Crippen molar-refractivity contribution >= 4 is 29.2 Å². The summed E-state index contributed by atoms with van der Waals surface area (Å²) in [7, 11) is 3.27. The maximum atomic E-state index is 13.5. The zero-order valence-corrected chi connectivity index (χ0v) is 20.0. The minimum Gasteiger partial charge on any atom is -0.489 e. The Morgan fingerprint density at radius 3 is 2.56 bits per heavy atom. The number of aryl methyl sites for hydroxylation is 2. The van der Waals surface area contributed by atoms with E-state index in [1.54, 1.807) is 25.1 Å². The minimum atomic E-state index is -0.318. The van der Waals surface area contributed by atoms with E-state index in [1.165, 1.54) is 4.90 Å². The average Bonchev–Trinajstić information content (AvgIpc) is 2.68. The van der Waals surface area contributed by atoms with Crippen LogP contribution in [0.5, 0.6) is 5.75 Å². The molecule has 0 radical (unpaired) electrons. The summed E-state index contributed by atoms with van der Waals surface area (Å²) < 4.78 is 5.82. The van der Waals surface area contributed by atoms with Gasteiger partial charge in [0, 0.05) is 38.0 Å². The summed E-state index contributed by atoms with van der Waals surface area (Å²) in [6.07, 6.45) is 0.306. The van der Waals surface area contributed by atoms with Gasteiger partial charge in [-0.15, -0.1) is 0 Å². The van der Waals surface area contributed by atoms with Crippen molar-refractivity contribution in [3.63, 3.8) is 0 Å². The maximum absolute atomic E-state index is 13.5. The topological polar surface area (TPSA) is 94.7 Å². The number of urea groups is 1. The van der Waals surface area contributed by atoms with Gasteiger partial charge in [0.2, 0.25) is 0 Å². The monoisotopic (exact) mass is 460 g/mol. The molecule has 0 atom stereocenters. The van der Waals surface area contributed by atoms with Crippen molar-refractivity contribution in [2.24, 2.45) is 0 Å². The van der Waals surface area contributed by atoms with Crippen LogP contribution in [0.3, 0.4) is 0 Å². The van der Waals surface area contributed by atoms with E-state index >= 15 is 0 Å². The molecule has 3 amide bonds. The van der Waals surface area contributed by atoms with Crippen LogP contribution in [0, 0.1) is 13.8 Å². The van der Waals surface area contributed by atoms with E-state index in [2.05, 4.69) is 10.3 Å². The molecule has 0 bridgehead atoms. The summed E-state index contributed by atoms with van der Waals surface area (Å²) in [4.78, 5) is 44.1. The Hall–Kier alpha value is -3.00. The van der Waals surface area contributed by atoms with Crippen molar-refractivity contribution in [1.82, 2.24) is 14.8 Å². The number of hydrogen-bond donors (Lipinski definition) is 2. The lowest BCUT2D eigenvalue weighted by atomic mass is 9.95. The Morgan fingerprint density at radius 1 is 1.28 bits per heavy atom. The lowest BCUT2D eigenvalue weighted by Gasteiger charge is -2.31. The van der Waals surface area contributed by atoms with Gasteiger partial charge in [-0.3, -0.25) is 9.59 Å². The highest BCUT2D eigenvalue weighted by molar-refractivity contribution is 6.36. The third-order valence-electron chi connectivity index (χ3n) is 5.32. The zero-order chi connectivity index (χ0) is 23.7. The summed E-state index contributed by atoms with van der Waals surface area (Å²) in [5.74, 6) is 0.0271. The summed E-state index contributed by atoms with van der Waals surface area (Å²) in [5.41, 5.74) is 3.39. The molecule has 2 heterocycles. The number of hydrogen-bond acceptors (Lipinski definition) is 4. The van der Waals surface area contributed by atoms with Crippen LogP contribution in [0.1, 0.15) is 46.6 Å². The van der Waals surface area contributed by atoms with Gasteiger partial charge in [-0.1, -0.05) is 11.6 Å². The molecule has 1 aromatic carbocycles. The number of carbonyl (C=O) groups excluding carboxylic acids is 2. The largest absolute Gasteiger partial charge is 0.489 e. The van der Waals surface area contributed by atoms with Crippen molar-refractivity contribution in [3.8, 4) is 5.75 Å². The SMILES string of the molecule is Cc1cc(C)c(CN2CCc3c(NC(=O)N(C)C)cc(OC(C)C)c(Cl)c3C2=O)c(=O)[nH]1. The van der Waals surface area contributed by atoms with Gasteiger partial charge >= 0.3 is 6.03 Å². The predicted molar refractivity (Wildman–Crippen MR) is 125 cm³/mol. The van der Waals surface area contributed by atoms with Gasteiger partial charge in [0.25, 0.3) is 11.5 Å². The molecule has 1 aliphatic heterocycles. The quantitative estimate of drug-likeness (QED) is 0.710. The van der Waals surface area contributed by atoms with E-state index in [-0.39, 0.29) is 35.2 Å². The molecule has 2 aromatic rings. The van der Waals surface area contributed by atoms with Gasteiger partial charge < -0.3 is 24.8 Å². The van der Waals surface area contributed by atoms with Crippen LogP contribution >= 0.6 is 11.6 Å². The Balaban J connectivity index is 2.04. The lowest BCUT2D eigenvalue weighted by molar-refractivity contribution is 0.0725. The molecule has 9 heteroatoms. The number of aromatic nitrogens is 1. The number of halogens is 1. The lowest BCUT2D eigenvalue weighted by Crippen LogP contribution is -2.39. The molecule has 0 saturated carbocycles. The van der Waals surface area contributed by atoms with Crippen LogP contribution in [0.4, 0.5) is 10.5 Å². The highest BCUT2D eigenvalue weighted by atomic mass is 35.5. The molecule has 32 heavy (non-hydrogen) atoms. The first-order chi connectivity index (χ1) is 15.0. The molecule has 0 saturated heterocycles. The fraction of sp³-hybridized carbons (Fsp3) is 0.435. The van der Waals surface area contributed by atoms with Gasteiger partial charge in [-0.25, -0.2) is 4.79 Å². The average molecular weight is 461 g/mol. The molecule has 0 aliphatic carbocycles. The normalized spacial score (nSPS) is 13.2. The van der Waals surface area contributed by atoms with Crippen molar-refractivity contribution in [1.29, 1.82) is 0 Å². The van der Waals surface area contributed by atoms with Crippen LogP contribution in [-0.4, -0.2) is 53.5 Å². The first kappa shape index (κ1) is 23.7. The number of H-pyrrole nitrogens is 1. The highest BCUT2D eigenvalue weighted by Crippen LogP contribution is 2.40. The summed E-state index contributed by atoms with van der Waals surface area (Å²) >= 11 is 6.62. The number of nitrogens with one attached hydrogen (secondary N) is 2. The fourth-order valence-corrected chi connectivity index (χ4v) is 4.05. The summed E-state index contributed by atoms with van der Waals surface area (Å²) in [6.45, 7) is 7.95. The maximum Gasteiger partial charge on any atom is 0.321 e. The van der Waals surface area contributed by atoms with E-state index in [4.69, 9.17) is 16.3 Å². The van der Waals surface area contributed by atoms with Crippen molar-refractivity contribution in [2.75, 3.05) is 26.0 Å². The Kier molecular flexibility index (Phi) is 6.83. The van der Waals surface area contributed by atoms with Crippen molar-refractivity contribution in [3.05, 3.63) is 55.5 Å². The van der Waals surface area contributed by atoms with Gasteiger partial charge in [-0.05, 0) is 51.3 Å². The molecule has 172 valence electrons. The number of carbonyl (C=O) groups is 2. The second-order valence-corrected chi connectivity index (χ2v) is 8.88. The second-order valence-electron chi connectivity index (χ2n) is 8.50. The number of benzene rings is 1. The molecule has 2 N–H and O–H groups in total. The van der Waals surface area contributed by atoms with Crippen LogP contribution in [-0.2, 0) is 13.0 Å². The predicted octanol–water partition coefficient (Wildman–Crippen LogP) is 3.72. The molecule has 0 unspecified atom stereocenters. The van der Waals surface area contributed by atoms with E-state index < -0.39 is 0 Å². The number of ether oxygens (including phenoxy) is 1. The fourth-order valence-electron chi connectivity index (χ4n) is 3.76. The minimum absolute atomic E-state index is 0.171. The van der Waals surface area contributed by atoms with Gasteiger partial charge in [-0.2, -0.15) is 0 Å². The zero-order valence-electron chi connectivity index (χ0n) is 19.3. The van der Waals surface area contributed by atoms with Crippen molar-refractivity contribution in [2.45, 2.75) is 46.8 Å². The molecule has 1 aliphatic rings. The first-order valence-electron chi connectivity index (χ1n) is 10.5. The first-order valence-corrected chi connectivity index (χ1v) is 10.9. The third-order valence-corrected chi connectivity index (χ3v) is 5.70.